The maximum absolute atomic E-state index is 12.1. The molecular formula is C23H26N2O5. The predicted molar refractivity (Wildman–Crippen MR) is 114 cm³/mol. The third-order valence-electron chi connectivity index (χ3n) is 4.79. The highest BCUT2D eigenvalue weighted by Gasteiger charge is 2.21. The van der Waals surface area contributed by atoms with Gasteiger partial charge < -0.3 is 19.7 Å². The fourth-order valence-electron chi connectivity index (χ4n) is 3.20. The van der Waals surface area contributed by atoms with E-state index in [-0.39, 0.29) is 25.5 Å². The summed E-state index contributed by atoms with van der Waals surface area (Å²) in [5.41, 5.74) is 3.36. The lowest BCUT2D eigenvalue weighted by molar-refractivity contribution is -0.147. The zero-order valence-corrected chi connectivity index (χ0v) is 17.3. The van der Waals surface area contributed by atoms with Gasteiger partial charge in [-0.15, -0.1) is 0 Å². The molecule has 158 valence electrons. The molecule has 7 nitrogen and oxygen atoms in total. The Morgan fingerprint density at radius 3 is 2.73 bits per heavy atom. The van der Waals surface area contributed by atoms with Crippen LogP contribution in [-0.4, -0.2) is 37.5 Å². The van der Waals surface area contributed by atoms with E-state index in [0.717, 1.165) is 29.0 Å². The number of carbonyl (C=O) groups is 3. The van der Waals surface area contributed by atoms with Crippen LogP contribution in [0.3, 0.4) is 0 Å². The van der Waals surface area contributed by atoms with Crippen molar-refractivity contribution in [2.45, 2.75) is 33.1 Å². The molecule has 0 aliphatic carbocycles. The number of ether oxygens (including phenoxy) is 2. The number of esters is 1. The highest BCUT2D eigenvalue weighted by atomic mass is 16.5. The van der Waals surface area contributed by atoms with E-state index in [1.165, 1.54) is 0 Å². The van der Waals surface area contributed by atoms with E-state index in [9.17, 15) is 14.4 Å². The first-order valence-corrected chi connectivity index (χ1v) is 9.98. The highest BCUT2D eigenvalue weighted by Crippen LogP contribution is 2.24. The standard InChI is InChI=1S/C23H26N2O5/c1-16-8-9-17(2)20(13-16)29-12-10-23(28)30-15-21(26)24-18-5-3-6-19(14-18)25-11-4-7-22(25)27/h3,5-6,8-9,13-14H,4,7,10-12,15H2,1-2H3,(H,24,26). The Morgan fingerprint density at radius 2 is 1.97 bits per heavy atom. The van der Waals surface area contributed by atoms with Crippen molar-refractivity contribution in [1.29, 1.82) is 0 Å². The minimum absolute atomic E-state index is 0.0488. The van der Waals surface area contributed by atoms with Gasteiger partial charge in [0.05, 0.1) is 13.0 Å². The second-order valence-corrected chi connectivity index (χ2v) is 7.28. The van der Waals surface area contributed by atoms with Crippen LogP contribution >= 0.6 is 0 Å². The zero-order chi connectivity index (χ0) is 21.5. The van der Waals surface area contributed by atoms with E-state index in [0.29, 0.717) is 18.7 Å². The molecule has 3 rings (SSSR count). The summed E-state index contributed by atoms with van der Waals surface area (Å²) >= 11 is 0. The van der Waals surface area contributed by atoms with Gasteiger partial charge in [-0.05, 0) is 55.7 Å². The summed E-state index contributed by atoms with van der Waals surface area (Å²) in [5.74, 6) is -0.136. The van der Waals surface area contributed by atoms with Crippen molar-refractivity contribution >= 4 is 29.2 Å². The molecule has 0 saturated carbocycles. The lowest BCUT2D eigenvalue weighted by Gasteiger charge is -2.16. The molecule has 1 saturated heterocycles. The number of hydrogen-bond donors (Lipinski definition) is 1. The maximum atomic E-state index is 12.1. The van der Waals surface area contributed by atoms with Crippen LogP contribution < -0.4 is 15.0 Å². The van der Waals surface area contributed by atoms with E-state index in [1.54, 1.807) is 23.1 Å². The van der Waals surface area contributed by atoms with Crippen molar-refractivity contribution in [1.82, 2.24) is 0 Å². The molecule has 0 unspecified atom stereocenters. The lowest BCUT2D eigenvalue weighted by atomic mass is 10.1. The third kappa shape index (κ3) is 5.83. The number of anilines is 2. The molecule has 0 bridgehead atoms. The lowest BCUT2D eigenvalue weighted by Crippen LogP contribution is -2.24. The van der Waals surface area contributed by atoms with Crippen LogP contribution in [0, 0.1) is 13.8 Å². The van der Waals surface area contributed by atoms with Crippen molar-refractivity contribution in [2.75, 3.05) is 30.0 Å². The van der Waals surface area contributed by atoms with Gasteiger partial charge in [-0.3, -0.25) is 14.4 Å². The van der Waals surface area contributed by atoms with Crippen molar-refractivity contribution in [2.24, 2.45) is 0 Å². The quantitative estimate of drug-likeness (QED) is 0.675. The second-order valence-electron chi connectivity index (χ2n) is 7.28. The monoisotopic (exact) mass is 410 g/mol. The topological polar surface area (TPSA) is 84.9 Å². The molecule has 1 aliphatic rings. The number of nitrogens with zero attached hydrogens (tertiary/aromatic N) is 1. The van der Waals surface area contributed by atoms with E-state index in [4.69, 9.17) is 9.47 Å². The number of aryl methyl sites for hydroxylation is 2. The van der Waals surface area contributed by atoms with Crippen molar-refractivity contribution in [3.8, 4) is 5.75 Å². The molecule has 2 aromatic rings. The number of nitrogens with one attached hydrogen (secondary N) is 1. The minimum Gasteiger partial charge on any atom is -0.493 e. The van der Waals surface area contributed by atoms with E-state index in [2.05, 4.69) is 5.32 Å². The number of benzene rings is 2. The molecular weight excluding hydrogens is 384 g/mol. The van der Waals surface area contributed by atoms with E-state index >= 15 is 0 Å². The Balaban J connectivity index is 1.41. The number of amides is 2. The molecule has 1 heterocycles. The van der Waals surface area contributed by atoms with Crippen molar-refractivity contribution in [3.05, 3.63) is 53.6 Å². The molecule has 2 amide bonds. The van der Waals surface area contributed by atoms with Crippen LogP contribution in [0.1, 0.15) is 30.4 Å². The fourth-order valence-corrected chi connectivity index (χ4v) is 3.20. The highest BCUT2D eigenvalue weighted by molar-refractivity contribution is 5.97. The summed E-state index contributed by atoms with van der Waals surface area (Å²) in [6.45, 7) is 4.38. The number of hydrogen-bond acceptors (Lipinski definition) is 5. The molecule has 1 aliphatic heterocycles. The van der Waals surface area contributed by atoms with Gasteiger partial charge in [0.15, 0.2) is 6.61 Å². The van der Waals surface area contributed by atoms with E-state index in [1.807, 2.05) is 38.1 Å². The van der Waals surface area contributed by atoms with Gasteiger partial charge in [0, 0.05) is 24.3 Å². The molecule has 1 fully saturated rings. The Morgan fingerprint density at radius 1 is 1.13 bits per heavy atom. The van der Waals surface area contributed by atoms with Gasteiger partial charge >= 0.3 is 5.97 Å². The van der Waals surface area contributed by atoms with Gasteiger partial charge in [-0.1, -0.05) is 18.2 Å². The first-order valence-electron chi connectivity index (χ1n) is 9.98. The second kappa shape index (κ2) is 9.91. The van der Waals surface area contributed by atoms with Crippen LogP contribution in [-0.2, 0) is 19.1 Å². The first-order chi connectivity index (χ1) is 14.4. The summed E-state index contributed by atoms with van der Waals surface area (Å²) in [6.07, 6.45) is 1.42. The largest absolute Gasteiger partial charge is 0.493 e. The summed E-state index contributed by atoms with van der Waals surface area (Å²) in [6, 6.07) is 12.9. The Hall–Kier alpha value is -3.35. The average Bonchev–Trinajstić information content (AvgIpc) is 3.15. The molecule has 2 aromatic carbocycles. The van der Waals surface area contributed by atoms with E-state index < -0.39 is 11.9 Å². The van der Waals surface area contributed by atoms with Crippen LogP contribution in [0.25, 0.3) is 0 Å². The number of carbonyl (C=O) groups excluding carboxylic acids is 3. The minimum atomic E-state index is -0.508. The first kappa shape index (κ1) is 21.4. The van der Waals surface area contributed by atoms with Crippen LogP contribution in [0.15, 0.2) is 42.5 Å². The average molecular weight is 410 g/mol. The molecule has 30 heavy (non-hydrogen) atoms. The third-order valence-corrected chi connectivity index (χ3v) is 4.79. The summed E-state index contributed by atoms with van der Waals surface area (Å²) in [5, 5.41) is 2.69. The molecule has 0 aromatic heterocycles. The SMILES string of the molecule is Cc1ccc(C)c(OCCC(=O)OCC(=O)Nc2cccc(N3CCCC3=O)c2)c1. The fraction of sp³-hybridized carbons (Fsp3) is 0.348. The summed E-state index contributed by atoms with van der Waals surface area (Å²) in [7, 11) is 0. The molecule has 0 atom stereocenters. The smallest absolute Gasteiger partial charge is 0.309 e. The Bertz CT molecular complexity index is 941. The van der Waals surface area contributed by atoms with Crippen LogP contribution in [0.4, 0.5) is 11.4 Å². The van der Waals surface area contributed by atoms with Gasteiger partial charge in [0.2, 0.25) is 5.91 Å². The summed E-state index contributed by atoms with van der Waals surface area (Å²) in [4.78, 5) is 37.5. The zero-order valence-electron chi connectivity index (χ0n) is 17.3. The van der Waals surface area contributed by atoms with Gasteiger partial charge in [0.1, 0.15) is 5.75 Å². The van der Waals surface area contributed by atoms with Crippen LogP contribution in [0.5, 0.6) is 5.75 Å². The molecule has 0 spiro atoms. The number of rotatable bonds is 8. The van der Waals surface area contributed by atoms with Gasteiger partial charge in [0.25, 0.3) is 5.91 Å². The predicted octanol–water partition coefficient (Wildman–Crippen LogP) is 3.38. The normalized spacial score (nSPS) is 13.3. The van der Waals surface area contributed by atoms with Crippen molar-refractivity contribution < 1.29 is 23.9 Å². The van der Waals surface area contributed by atoms with Crippen molar-refractivity contribution in [3.63, 3.8) is 0 Å². The van der Waals surface area contributed by atoms with Gasteiger partial charge in [-0.25, -0.2) is 0 Å². The summed E-state index contributed by atoms with van der Waals surface area (Å²) < 4.78 is 10.6. The Kier molecular flexibility index (Phi) is 7.06. The molecule has 1 N–H and O–H groups in total. The molecule has 0 radical (unpaired) electrons. The molecule has 7 heteroatoms. The van der Waals surface area contributed by atoms with Gasteiger partial charge in [-0.2, -0.15) is 0 Å². The van der Waals surface area contributed by atoms with Crippen LogP contribution in [0.2, 0.25) is 0 Å². The Labute approximate surface area is 176 Å². The maximum Gasteiger partial charge on any atom is 0.309 e.